The van der Waals surface area contributed by atoms with Crippen LogP contribution in [0.5, 0.6) is 0 Å². The van der Waals surface area contributed by atoms with E-state index in [9.17, 15) is 4.79 Å². The Kier molecular flexibility index (Phi) is 5.03. The molecule has 27 heavy (non-hydrogen) atoms. The minimum Gasteiger partial charge on any atom is -0.352 e. The standard InChI is InChI=1S/C21H19ClN4O/c22-18-7-9-23-19(11-18)21(27)25-13-15-5-6-20(24-12-15)26-10-8-16-3-1-2-4-17(16)14-26/h1-7,9,11-12H,8,10,13-14H2,(H,25,27). The number of carbonyl (C=O) groups is 1. The fourth-order valence-corrected chi connectivity index (χ4v) is 3.36. The van der Waals surface area contributed by atoms with Crippen LogP contribution in [0.3, 0.4) is 0 Å². The molecule has 0 saturated heterocycles. The van der Waals surface area contributed by atoms with Crippen LogP contribution >= 0.6 is 11.6 Å². The molecule has 0 unspecified atom stereocenters. The van der Waals surface area contributed by atoms with Crippen LogP contribution in [0, 0.1) is 0 Å². The second-order valence-corrected chi connectivity index (χ2v) is 6.94. The predicted octanol–water partition coefficient (Wildman–Crippen LogP) is 3.62. The number of anilines is 1. The highest BCUT2D eigenvalue weighted by atomic mass is 35.5. The first-order valence-electron chi connectivity index (χ1n) is 8.85. The van der Waals surface area contributed by atoms with Gasteiger partial charge in [-0.1, -0.05) is 41.9 Å². The molecule has 3 aromatic rings. The van der Waals surface area contributed by atoms with E-state index in [2.05, 4.69) is 44.5 Å². The summed E-state index contributed by atoms with van der Waals surface area (Å²) in [6.45, 7) is 2.23. The third kappa shape index (κ3) is 4.09. The van der Waals surface area contributed by atoms with Crippen LogP contribution in [0.2, 0.25) is 5.02 Å². The Morgan fingerprint density at radius 1 is 1.11 bits per heavy atom. The molecule has 136 valence electrons. The molecule has 1 aromatic carbocycles. The van der Waals surface area contributed by atoms with Gasteiger partial charge in [0.15, 0.2) is 0 Å². The largest absolute Gasteiger partial charge is 0.352 e. The molecule has 3 heterocycles. The van der Waals surface area contributed by atoms with Gasteiger partial charge in [-0.15, -0.1) is 0 Å². The number of fused-ring (bicyclic) bond motifs is 1. The number of hydrogen-bond acceptors (Lipinski definition) is 4. The number of pyridine rings is 2. The van der Waals surface area contributed by atoms with E-state index < -0.39 is 0 Å². The SMILES string of the molecule is O=C(NCc1ccc(N2CCc3ccccc3C2)nc1)c1cc(Cl)ccn1. The van der Waals surface area contributed by atoms with Crippen LogP contribution in [0.25, 0.3) is 0 Å². The van der Waals surface area contributed by atoms with E-state index in [-0.39, 0.29) is 5.91 Å². The van der Waals surface area contributed by atoms with Gasteiger partial charge in [0.2, 0.25) is 0 Å². The van der Waals surface area contributed by atoms with Crippen LogP contribution in [0.15, 0.2) is 60.9 Å². The minimum absolute atomic E-state index is 0.255. The first kappa shape index (κ1) is 17.5. The molecule has 2 aromatic heterocycles. The van der Waals surface area contributed by atoms with Gasteiger partial charge < -0.3 is 10.2 Å². The van der Waals surface area contributed by atoms with Crippen molar-refractivity contribution in [1.82, 2.24) is 15.3 Å². The fraction of sp³-hybridized carbons (Fsp3) is 0.190. The van der Waals surface area contributed by atoms with Crippen molar-refractivity contribution >= 4 is 23.3 Å². The van der Waals surface area contributed by atoms with Gasteiger partial charge in [0.1, 0.15) is 11.5 Å². The van der Waals surface area contributed by atoms with Crippen molar-refractivity contribution in [3.05, 3.63) is 88.3 Å². The van der Waals surface area contributed by atoms with E-state index in [1.165, 1.54) is 17.3 Å². The number of hydrogen-bond donors (Lipinski definition) is 1. The summed E-state index contributed by atoms with van der Waals surface area (Å²) < 4.78 is 0. The summed E-state index contributed by atoms with van der Waals surface area (Å²) in [4.78, 5) is 23.0. The molecule has 0 bridgehead atoms. The van der Waals surface area contributed by atoms with E-state index in [1.807, 2.05) is 18.3 Å². The lowest BCUT2D eigenvalue weighted by atomic mass is 10.00. The number of amides is 1. The van der Waals surface area contributed by atoms with Crippen LogP contribution in [0.4, 0.5) is 5.82 Å². The van der Waals surface area contributed by atoms with Gasteiger partial charge in [-0.3, -0.25) is 9.78 Å². The molecule has 4 rings (SSSR count). The molecule has 0 radical (unpaired) electrons. The van der Waals surface area contributed by atoms with Crippen molar-refractivity contribution in [2.24, 2.45) is 0 Å². The summed E-state index contributed by atoms with van der Waals surface area (Å²) in [5, 5.41) is 3.33. The number of benzene rings is 1. The van der Waals surface area contributed by atoms with Gasteiger partial charge >= 0.3 is 0 Å². The summed E-state index contributed by atoms with van der Waals surface area (Å²) in [5.74, 6) is 0.699. The van der Waals surface area contributed by atoms with E-state index in [0.29, 0.717) is 17.3 Å². The number of halogens is 1. The van der Waals surface area contributed by atoms with E-state index in [4.69, 9.17) is 11.6 Å². The number of nitrogens with one attached hydrogen (secondary N) is 1. The maximum absolute atomic E-state index is 12.1. The Bertz CT molecular complexity index is 958. The molecule has 1 N–H and O–H groups in total. The quantitative estimate of drug-likeness (QED) is 0.753. The van der Waals surface area contributed by atoms with Crippen LogP contribution < -0.4 is 10.2 Å². The predicted molar refractivity (Wildman–Crippen MR) is 106 cm³/mol. The molecule has 0 fully saturated rings. The van der Waals surface area contributed by atoms with Gasteiger partial charge in [-0.25, -0.2) is 4.98 Å². The molecule has 0 aliphatic carbocycles. The van der Waals surface area contributed by atoms with Crippen molar-refractivity contribution in [2.45, 2.75) is 19.5 Å². The molecule has 0 spiro atoms. The first-order valence-corrected chi connectivity index (χ1v) is 9.23. The first-order chi connectivity index (χ1) is 13.2. The van der Waals surface area contributed by atoms with E-state index >= 15 is 0 Å². The van der Waals surface area contributed by atoms with Crippen LogP contribution in [-0.4, -0.2) is 22.4 Å². The van der Waals surface area contributed by atoms with Gasteiger partial charge in [-0.2, -0.15) is 0 Å². The van der Waals surface area contributed by atoms with Crippen LogP contribution in [0.1, 0.15) is 27.2 Å². The molecule has 5 nitrogen and oxygen atoms in total. The Hall–Kier alpha value is -2.92. The third-order valence-electron chi connectivity index (χ3n) is 4.67. The Morgan fingerprint density at radius 3 is 2.74 bits per heavy atom. The smallest absolute Gasteiger partial charge is 0.270 e. The fourth-order valence-electron chi connectivity index (χ4n) is 3.20. The van der Waals surface area contributed by atoms with Gasteiger partial charge in [0.25, 0.3) is 5.91 Å². The van der Waals surface area contributed by atoms with Gasteiger partial charge in [-0.05, 0) is 41.3 Å². The maximum Gasteiger partial charge on any atom is 0.270 e. The minimum atomic E-state index is -0.255. The number of aromatic nitrogens is 2. The Labute approximate surface area is 163 Å². The molecule has 1 amide bonds. The molecular weight excluding hydrogens is 360 g/mol. The molecule has 1 aliphatic heterocycles. The number of nitrogens with zero attached hydrogens (tertiary/aromatic N) is 3. The molecule has 1 aliphatic rings. The molecule has 0 saturated carbocycles. The highest BCUT2D eigenvalue weighted by molar-refractivity contribution is 6.30. The van der Waals surface area contributed by atoms with E-state index in [1.54, 1.807) is 12.1 Å². The van der Waals surface area contributed by atoms with Crippen molar-refractivity contribution in [3.63, 3.8) is 0 Å². The topological polar surface area (TPSA) is 58.1 Å². The van der Waals surface area contributed by atoms with Crippen molar-refractivity contribution in [2.75, 3.05) is 11.4 Å². The summed E-state index contributed by atoms with van der Waals surface area (Å²) >= 11 is 5.89. The van der Waals surface area contributed by atoms with Crippen molar-refractivity contribution in [1.29, 1.82) is 0 Å². The normalized spacial score (nSPS) is 13.1. The lowest BCUT2D eigenvalue weighted by molar-refractivity contribution is 0.0946. The van der Waals surface area contributed by atoms with Gasteiger partial charge in [0, 0.05) is 37.1 Å². The Morgan fingerprint density at radius 2 is 1.96 bits per heavy atom. The summed E-state index contributed by atoms with van der Waals surface area (Å²) in [5.41, 5.74) is 4.02. The highest BCUT2D eigenvalue weighted by Gasteiger charge is 2.16. The molecule has 0 atom stereocenters. The average Bonchev–Trinajstić information content (AvgIpc) is 2.72. The number of rotatable bonds is 4. The summed E-state index contributed by atoms with van der Waals surface area (Å²) in [6, 6.07) is 15.7. The van der Waals surface area contributed by atoms with Gasteiger partial charge in [0.05, 0.1) is 0 Å². The maximum atomic E-state index is 12.1. The molecular formula is C21H19ClN4O. The zero-order chi connectivity index (χ0) is 18.6. The average molecular weight is 379 g/mol. The summed E-state index contributed by atoms with van der Waals surface area (Å²) in [7, 11) is 0. The second-order valence-electron chi connectivity index (χ2n) is 6.51. The van der Waals surface area contributed by atoms with Crippen LogP contribution in [-0.2, 0) is 19.5 Å². The Balaban J connectivity index is 1.37. The number of carbonyl (C=O) groups excluding carboxylic acids is 1. The monoisotopic (exact) mass is 378 g/mol. The van der Waals surface area contributed by atoms with Crippen molar-refractivity contribution < 1.29 is 4.79 Å². The lowest BCUT2D eigenvalue weighted by Crippen LogP contribution is -2.31. The van der Waals surface area contributed by atoms with Crippen molar-refractivity contribution in [3.8, 4) is 0 Å². The van der Waals surface area contributed by atoms with E-state index in [0.717, 1.165) is 30.9 Å². The second kappa shape index (κ2) is 7.76. The zero-order valence-corrected chi connectivity index (χ0v) is 15.5. The zero-order valence-electron chi connectivity index (χ0n) is 14.7. The summed E-state index contributed by atoms with van der Waals surface area (Å²) in [6.07, 6.45) is 4.36. The molecule has 6 heteroatoms. The highest BCUT2D eigenvalue weighted by Crippen LogP contribution is 2.23. The third-order valence-corrected chi connectivity index (χ3v) is 4.91. The lowest BCUT2D eigenvalue weighted by Gasteiger charge is -2.29.